The van der Waals surface area contributed by atoms with E-state index in [1.54, 1.807) is 11.3 Å². The van der Waals surface area contributed by atoms with Crippen molar-refractivity contribution >= 4 is 17.3 Å². The number of hydrogen-bond donors (Lipinski definition) is 0. The van der Waals surface area contributed by atoms with Gasteiger partial charge in [-0.1, -0.05) is 12.8 Å². The molecular weight excluding hydrogens is 235 g/mol. The minimum absolute atomic E-state index is 0. The van der Waals surface area contributed by atoms with E-state index in [2.05, 4.69) is 16.8 Å². The molecule has 0 fully saturated rings. The first-order chi connectivity index (χ1) is 6.79. The minimum Gasteiger partial charge on any atom is -0.550 e. The molecule has 1 rings (SSSR count). The van der Waals surface area contributed by atoms with Crippen molar-refractivity contribution in [2.45, 2.75) is 38.5 Å². The molecule has 0 bridgehead atoms. The van der Waals surface area contributed by atoms with E-state index >= 15 is 0 Å². The fourth-order valence-corrected chi connectivity index (χ4v) is 2.09. The largest absolute Gasteiger partial charge is 1.00 e. The number of carbonyl (C=O) groups is 1. The molecule has 0 aliphatic carbocycles. The van der Waals surface area contributed by atoms with E-state index in [1.807, 2.05) is 0 Å². The first-order valence-corrected chi connectivity index (χ1v) is 5.94. The van der Waals surface area contributed by atoms with Crippen molar-refractivity contribution in [3.8, 4) is 0 Å². The van der Waals surface area contributed by atoms with Crippen molar-refractivity contribution in [2.75, 3.05) is 0 Å². The van der Waals surface area contributed by atoms with Crippen LogP contribution in [0.4, 0.5) is 0 Å². The maximum atomic E-state index is 10.1. The molecule has 2 nitrogen and oxygen atoms in total. The van der Waals surface area contributed by atoms with E-state index in [9.17, 15) is 9.90 Å². The van der Waals surface area contributed by atoms with Crippen molar-refractivity contribution in [1.29, 1.82) is 0 Å². The Morgan fingerprint density at radius 2 is 2.00 bits per heavy atom. The third-order valence-corrected chi connectivity index (χ3v) is 2.91. The number of unbranched alkanes of at least 4 members (excludes halogenated alkanes) is 3. The average molecular weight is 250 g/mol. The van der Waals surface area contributed by atoms with Crippen molar-refractivity contribution < 1.29 is 61.3 Å². The second kappa shape index (κ2) is 9.99. The summed E-state index contributed by atoms with van der Waals surface area (Å²) in [7, 11) is 0. The molecule has 0 radical (unpaired) electrons. The summed E-state index contributed by atoms with van der Waals surface area (Å²) in [5.74, 6) is -0.928. The molecule has 15 heavy (non-hydrogen) atoms. The summed E-state index contributed by atoms with van der Waals surface area (Å²) in [5, 5.41) is 14.4. The molecule has 0 spiro atoms. The molecule has 4 heteroatoms. The molecule has 0 unspecified atom stereocenters. The van der Waals surface area contributed by atoms with Crippen LogP contribution < -0.4 is 56.5 Å². The molecule has 1 heterocycles. The maximum absolute atomic E-state index is 10.1. The van der Waals surface area contributed by atoms with E-state index < -0.39 is 5.97 Å². The average Bonchev–Trinajstić information content (AvgIpc) is 2.63. The van der Waals surface area contributed by atoms with Gasteiger partial charge in [0.1, 0.15) is 0 Å². The van der Waals surface area contributed by atoms with Crippen molar-refractivity contribution in [3.05, 3.63) is 22.4 Å². The quantitative estimate of drug-likeness (QED) is 0.460. The smallest absolute Gasteiger partial charge is 0.550 e. The normalized spacial score (nSPS) is 9.60. The molecule has 0 aliphatic heterocycles. The molecule has 0 N–H and O–H groups in total. The second-order valence-corrected chi connectivity index (χ2v) is 4.20. The Bertz CT molecular complexity index is 260. The predicted molar refractivity (Wildman–Crippen MR) is 56.1 cm³/mol. The third kappa shape index (κ3) is 8.60. The van der Waals surface area contributed by atoms with Crippen LogP contribution >= 0.6 is 11.3 Å². The standard InChI is InChI=1S/C11H16O2S.K/c12-11(13)6-4-2-1-3-5-10-7-8-14-9-10;/h7-9H,1-6H2,(H,12,13);/q;+1/p-1. The summed E-state index contributed by atoms with van der Waals surface area (Å²) in [6.45, 7) is 0. The second-order valence-electron chi connectivity index (χ2n) is 3.42. The molecule has 0 saturated heterocycles. The van der Waals surface area contributed by atoms with Gasteiger partial charge in [0.2, 0.25) is 0 Å². The fourth-order valence-electron chi connectivity index (χ4n) is 1.39. The van der Waals surface area contributed by atoms with Gasteiger partial charge in [-0.15, -0.1) is 0 Å². The van der Waals surface area contributed by atoms with Crippen LogP contribution in [0.2, 0.25) is 0 Å². The summed E-state index contributed by atoms with van der Waals surface area (Å²) >= 11 is 1.73. The Labute approximate surface area is 138 Å². The Morgan fingerprint density at radius 3 is 2.60 bits per heavy atom. The van der Waals surface area contributed by atoms with Gasteiger partial charge in [-0.05, 0) is 48.1 Å². The van der Waals surface area contributed by atoms with Gasteiger partial charge in [-0.25, -0.2) is 0 Å². The van der Waals surface area contributed by atoms with Crippen molar-refractivity contribution in [3.63, 3.8) is 0 Å². The summed E-state index contributed by atoms with van der Waals surface area (Å²) in [5.41, 5.74) is 1.40. The zero-order valence-electron chi connectivity index (χ0n) is 9.20. The topological polar surface area (TPSA) is 40.1 Å². The number of carbonyl (C=O) groups excluding carboxylic acids is 1. The SMILES string of the molecule is O=C([O-])CCCCCCc1ccsc1.[K+]. The number of rotatable bonds is 7. The number of carboxylic acids is 1. The van der Waals surface area contributed by atoms with Crippen LogP contribution in [0, 0.1) is 0 Å². The molecule has 78 valence electrons. The van der Waals surface area contributed by atoms with Crippen molar-refractivity contribution in [2.24, 2.45) is 0 Å². The molecule has 0 atom stereocenters. The van der Waals surface area contributed by atoms with Gasteiger partial charge in [-0.3, -0.25) is 0 Å². The first-order valence-electron chi connectivity index (χ1n) is 5.00. The summed E-state index contributed by atoms with van der Waals surface area (Å²) in [4.78, 5) is 10.1. The van der Waals surface area contributed by atoms with E-state index in [-0.39, 0.29) is 57.8 Å². The number of thiophene rings is 1. The maximum Gasteiger partial charge on any atom is 1.00 e. The fraction of sp³-hybridized carbons (Fsp3) is 0.545. The Morgan fingerprint density at radius 1 is 1.27 bits per heavy atom. The summed E-state index contributed by atoms with van der Waals surface area (Å²) in [6.07, 6.45) is 5.35. The van der Waals surface area contributed by atoms with E-state index in [0.717, 1.165) is 32.1 Å². The van der Waals surface area contributed by atoms with Gasteiger partial charge in [0.25, 0.3) is 0 Å². The van der Waals surface area contributed by atoms with Gasteiger partial charge >= 0.3 is 51.4 Å². The van der Waals surface area contributed by atoms with Crippen LogP contribution in [0.1, 0.15) is 37.7 Å². The molecule has 0 aromatic carbocycles. The Kier molecular flexibility index (Phi) is 10.5. The molecule has 1 aromatic rings. The summed E-state index contributed by atoms with van der Waals surface area (Å²) in [6, 6.07) is 2.14. The van der Waals surface area contributed by atoms with Gasteiger partial charge in [0.05, 0.1) is 0 Å². The molecule has 0 amide bonds. The summed E-state index contributed by atoms with van der Waals surface area (Å²) < 4.78 is 0. The van der Waals surface area contributed by atoms with Crippen LogP contribution in [-0.4, -0.2) is 5.97 Å². The number of carboxylic acid groups (broad SMARTS) is 1. The Hall–Kier alpha value is 0.806. The van der Waals surface area contributed by atoms with Gasteiger partial charge in [0, 0.05) is 5.97 Å². The van der Waals surface area contributed by atoms with Crippen LogP contribution in [0.25, 0.3) is 0 Å². The first kappa shape index (κ1) is 15.8. The van der Waals surface area contributed by atoms with Crippen LogP contribution in [0.3, 0.4) is 0 Å². The van der Waals surface area contributed by atoms with Crippen LogP contribution in [0.5, 0.6) is 0 Å². The molecular formula is C11H15KO2S. The van der Waals surface area contributed by atoms with Crippen molar-refractivity contribution in [1.82, 2.24) is 0 Å². The van der Waals surface area contributed by atoms with E-state index in [0.29, 0.717) is 0 Å². The molecule has 1 aromatic heterocycles. The number of hydrogen-bond acceptors (Lipinski definition) is 3. The van der Waals surface area contributed by atoms with Gasteiger partial charge in [0.15, 0.2) is 0 Å². The number of aryl methyl sites for hydroxylation is 1. The zero-order chi connectivity index (χ0) is 10.2. The minimum atomic E-state index is -0.928. The van der Waals surface area contributed by atoms with Crippen LogP contribution in [-0.2, 0) is 11.2 Å². The van der Waals surface area contributed by atoms with Crippen LogP contribution in [0.15, 0.2) is 16.8 Å². The molecule has 0 aliphatic rings. The third-order valence-electron chi connectivity index (χ3n) is 2.18. The number of aliphatic carboxylic acids is 1. The zero-order valence-corrected chi connectivity index (χ0v) is 13.1. The van der Waals surface area contributed by atoms with Gasteiger partial charge < -0.3 is 9.90 Å². The predicted octanol–water partition coefficient (Wildman–Crippen LogP) is -1.00. The Balaban J connectivity index is 0.00000196. The van der Waals surface area contributed by atoms with E-state index in [1.165, 1.54) is 5.56 Å². The molecule has 0 saturated carbocycles. The van der Waals surface area contributed by atoms with E-state index in [4.69, 9.17) is 0 Å². The monoisotopic (exact) mass is 250 g/mol. The van der Waals surface area contributed by atoms with Gasteiger partial charge in [-0.2, -0.15) is 11.3 Å².